The van der Waals surface area contributed by atoms with E-state index in [1.165, 1.54) is 4.68 Å². The van der Waals surface area contributed by atoms with Crippen LogP contribution >= 0.6 is 11.6 Å². The molecule has 1 aliphatic rings. The van der Waals surface area contributed by atoms with Crippen molar-refractivity contribution in [1.29, 1.82) is 0 Å². The molecule has 1 aromatic carbocycles. The van der Waals surface area contributed by atoms with Crippen LogP contribution < -0.4 is 0 Å². The lowest BCUT2D eigenvalue weighted by Gasteiger charge is -2.21. The fourth-order valence-corrected chi connectivity index (χ4v) is 2.78. The summed E-state index contributed by atoms with van der Waals surface area (Å²) < 4.78 is 1.49. The van der Waals surface area contributed by atoms with E-state index in [0.717, 1.165) is 12.8 Å². The number of nitrogens with zero attached hydrogens (tertiary/aromatic N) is 4. The number of para-hydroxylation sites is 1. The monoisotopic (exact) mass is 306 g/mol. The number of halogens is 1. The molecule has 1 atom stereocenters. The number of aromatic nitrogens is 3. The predicted octanol–water partition coefficient (Wildman–Crippen LogP) is 1.52. The van der Waals surface area contributed by atoms with Crippen LogP contribution in [-0.4, -0.2) is 50.1 Å². The molecule has 0 unspecified atom stereocenters. The number of amides is 1. The first-order chi connectivity index (χ1) is 10.2. The van der Waals surface area contributed by atoms with Crippen molar-refractivity contribution in [2.75, 3.05) is 13.2 Å². The summed E-state index contributed by atoms with van der Waals surface area (Å²) in [6.07, 6.45) is 3.28. The van der Waals surface area contributed by atoms with Gasteiger partial charge in [-0.2, -0.15) is 0 Å². The fourth-order valence-electron chi connectivity index (χ4n) is 2.56. The number of likely N-dealkylation sites (tertiary alicyclic amines) is 1. The number of aliphatic hydroxyl groups is 1. The maximum Gasteiger partial charge on any atom is 0.276 e. The molecule has 6 nitrogen and oxygen atoms in total. The second-order valence-electron chi connectivity index (χ2n) is 4.98. The summed E-state index contributed by atoms with van der Waals surface area (Å²) in [6, 6.07) is 7.10. The van der Waals surface area contributed by atoms with Crippen molar-refractivity contribution < 1.29 is 9.90 Å². The molecular weight excluding hydrogens is 292 g/mol. The minimum Gasteiger partial charge on any atom is -0.394 e. The van der Waals surface area contributed by atoms with Crippen molar-refractivity contribution in [3.05, 3.63) is 41.2 Å². The first kappa shape index (κ1) is 14.0. The van der Waals surface area contributed by atoms with Crippen LogP contribution in [0.3, 0.4) is 0 Å². The van der Waals surface area contributed by atoms with Gasteiger partial charge in [0.15, 0.2) is 5.69 Å². The highest BCUT2D eigenvalue weighted by Gasteiger charge is 2.30. The Bertz CT molecular complexity index is 658. The third kappa shape index (κ3) is 2.64. The Balaban J connectivity index is 1.85. The molecule has 1 fully saturated rings. The zero-order chi connectivity index (χ0) is 14.8. The third-order valence-corrected chi connectivity index (χ3v) is 3.98. The highest BCUT2D eigenvalue weighted by atomic mass is 35.5. The van der Waals surface area contributed by atoms with Crippen LogP contribution in [0.1, 0.15) is 23.3 Å². The summed E-state index contributed by atoms with van der Waals surface area (Å²) in [5.41, 5.74) is 0.932. The topological polar surface area (TPSA) is 71.2 Å². The molecule has 1 aromatic heterocycles. The van der Waals surface area contributed by atoms with Crippen LogP contribution in [0.4, 0.5) is 0 Å². The Kier molecular flexibility index (Phi) is 3.90. The van der Waals surface area contributed by atoms with E-state index >= 15 is 0 Å². The first-order valence-electron chi connectivity index (χ1n) is 6.80. The number of hydrogen-bond donors (Lipinski definition) is 1. The minimum absolute atomic E-state index is 0.0234. The van der Waals surface area contributed by atoms with Gasteiger partial charge in [-0.05, 0) is 25.0 Å². The lowest BCUT2D eigenvalue weighted by Crippen LogP contribution is -2.37. The standard InChI is InChI=1S/C14H15ClN4O2/c15-11-5-1-2-6-13(11)19-8-12(16-17-19)14(21)18-7-3-4-10(18)9-20/h1-2,5-6,8,10,20H,3-4,7,9H2/t10-/m1/s1. The Morgan fingerprint density at radius 3 is 3.00 bits per heavy atom. The lowest BCUT2D eigenvalue weighted by molar-refractivity contribution is 0.0671. The molecule has 0 radical (unpaired) electrons. The van der Waals surface area contributed by atoms with E-state index in [2.05, 4.69) is 10.3 Å². The molecule has 0 spiro atoms. The molecule has 0 saturated carbocycles. The van der Waals surface area contributed by atoms with Crippen molar-refractivity contribution in [1.82, 2.24) is 19.9 Å². The number of rotatable bonds is 3. The Morgan fingerprint density at radius 2 is 2.24 bits per heavy atom. The molecule has 1 aliphatic heterocycles. The smallest absolute Gasteiger partial charge is 0.276 e. The van der Waals surface area contributed by atoms with Gasteiger partial charge in [0.1, 0.15) is 0 Å². The van der Waals surface area contributed by atoms with Crippen LogP contribution in [0.15, 0.2) is 30.5 Å². The summed E-state index contributed by atoms with van der Waals surface area (Å²) >= 11 is 6.10. The number of carbonyl (C=O) groups is 1. The van der Waals surface area contributed by atoms with E-state index in [-0.39, 0.29) is 24.2 Å². The van der Waals surface area contributed by atoms with E-state index in [9.17, 15) is 9.90 Å². The maximum atomic E-state index is 12.4. The van der Waals surface area contributed by atoms with Gasteiger partial charge in [-0.25, -0.2) is 4.68 Å². The number of carbonyl (C=O) groups excluding carboxylic acids is 1. The molecule has 3 rings (SSSR count). The lowest BCUT2D eigenvalue weighted by atomic mass is 10.2. The number of hydrogen-bond acceptors (Lipinski definition) is 4. The van der Waals surface area contributed by atoms with E-state index in [1.807, 2.05) is 12.1 Å². The molecular formula is C14H15ClN4O2. The molecule has 7 heteroatoms. The van der Waals surface area contributed by atoms with Gasteiger partial charge in [-0.1, -0.05) is 28.9 Å². The van der Waals surface area contributed by atoms with Crippen LogP contribution in [0.2, 0.25) is 5.02 Å². The molecule has 1 N–H and O–H groups in total. The molecule has 110 valence electrons. The second kappa shape index (κ2) is 5.83. The average molecular weight is 307 g/mol. The Labute approximate surface area is 126 Å². The van der Waals surface area contributed by atoms with Gasteiger partial charge in [0, 0.05) is 6.54 Å². The summed E-state index contributed by atoms with van der Waals surface area (Å²) in [6.45, 7) is 0.618. The zero-order valence-electron chi connectivity index (χ0n) is 11.3. The zero-order valence-corrected chi connectivity index (χ0v) is 12.1. The van der Waals surface area contributed by atoms with E-state index in [1.54, 1.807) is 23.2 Å². The largest absolute Gasteiger partial charge is 0.394 e. The molecule has 21 heavy (non-hydrogen) atoms. The van der Waals surface area contributed by atoms with Crippen molar-refractivity contribution >= 4 is 17.5 Å². The van der Waals surface area contributed by atoms with E-state index in [0.29, 0.717) is 17.3 Å². The van der Waals surface area contributed by atoms with E-state index < -0.39 is 0 Å². The van der Waals surface area contributed by atoms with Gasteiger partial charge in [0.05, 0.1) is 29.6 Å². The van der Waals surface area contributed by atoms with Crippen molar-refractivity contribution in [3.63, 3.8) is 0 Å². The maximum absolute atomic E-state index is 12.4. The van der Waals surface area contributed by atoms with Crippen LogP contribution in [0, 0.1) is 0 Å². The van der Waals surface area contributed by atoms with Gasteiger partial charge >= 0.3 is 0 Å². The highest BCUT2D eigenvalue weighted by Crippen LogP contribution is 2.21. The predicted molar refractivity (Wildman–Crippen MR) is 77.5 cm³/mol. The van der Waals surface area contributed by atoms with Crippen LogP contribution in [0.5, 0.6) is 0 Å². The quantitative estimate of drug-likeness (QED) is 0.933. The van der Waals surface area contributed by atoms with Gasteiger partial charge in [0.25, 0.3) is 5.91 Å². The summed E-state index contributed by atoms with van der Waals surface area (Å²) in [5, 5.41) is 17.7. The molecule has 2 aromatic rings. The highest BCUT2D eigenvalue weighted by molar-refractivity contribution is 6.32. The van der Waals surface area contributed by atoms with Crippen LogP contribution in [-0.2, 0) is 0 Å². The summed E-state index contributed by atoms with van der Waals surface area (Å²) in [5.74, 6) is -0.204. The molecule has 0 bridgehead atoms. The summed E-state index contributed by atoms with van der Waals surface area (Å²) in [4.78, 5) is 14.1. The average Bonchev–Trinajstić information content (AvgIpc) is 3.16. The Morgan fingerprint density at radius 1 is 1.43 bits per heavy atom. The van der Waals surface area contributed by atoms with Crippen molar-refractivity contribution in [2.45, 2.75) is 18.9 Å². The van der Waals surface area contributed by atoms with Gasteiger partial charge in [0.2, 0.25) is 0 Å². The number of aliphatic hydroxyl groups excluding tert-OH is 1. The van der Waals surface area contributed by atoms with E-state index in [4.69, 9.17) is 11.6 Å². The molecule has 1 amide bonds. The third-order valence-electron chi connectivity index (χ3n) is 3.66. The first-order valence-corrected chi connectivity index (χ1v) is 7.17. The van der Waals surface area contributed by atoms with Crippen LogP contribution in [0.25, 0.3) is 5.69 Å². The normalized spacial score (nSPS) is 18.2. The molecule has 1 saturated heterocycles. The van der Waals surface area contributed by atoms with Crippen molar-refractivity contribution in [2.24, 2.45) is 0 Å². The summed E-state index contributed by atoms with van der Waals surface area (Å²) in [7, 11) is 0. The Hall–Kier alpha value is -1.92. The minimum atomic E-state index is -0.204. The van der Waals surface area contributed by atoms with Crippen molar-refractivity contribution in [3.8, 4) is 5.69 Å². The number of benzene rings is 1. The van der Waals surface area contributed by atoms with Gasteiger partial charge < -0.3 is 10.0 Å². The molecule has 0 aliphatic carbocycles. The second-order valence-corrected chi connectivity index (χ2v) is 5.38. The fraction of sp³-hybridized carbons (Fsp3) is 0.357. The SMILES string of the molecule is O=C(c1cn(-c2ccccc2Cl)nn1)N1CCC[C@@H]1CO. The molecule has 2 heterocycles. The van der Waals surface area contributed by atoms with Gasteiger partial charge in [-0.3, -0.25) is 4.79 Å². The van der Waals surface area contributed by atoms with Gasteiger partial charge in [-0.15, -0.1) is 5.10 Å².